The summed E-state index contributed by atoms with van der Waals surface area (Å²) in [5.41, 5.74) is 3.10. The van der Waals surface area contributed by atoms with Crippen LogP contribution in [0.5, 0.6) is 0 Å². The smallest absolute Gasteiger partial charge is 0.328 e. The van der Waals surface area contributed by atoms with Gasteiger partial charge in [0.25, 0.3) is 0 Å². The highest BCUT2D eigenvalue weighted by Gasteiger charge is 2.01. The van der Waals surface area contributed by atoms with Crippen LogP contribution >= 0.6 is 23.1 Å². The van der Waals surface area contributed by atoms with Crippen molar-refractivity contribution in [1.29, 1.82) is 0 Å². The van der Waals surface area contributed by atoms with Crippen molar-refractivity contribution in [3.8, 4) is 0 Å². The Morgan fingerprint density at radius 1 is 1.53 bits per heavy atom. The molecule has 0 aliphatic heterocycles. The van der Waals surface area contributed by atoms with Gasteiger partial charge in [-0.15, -0.1) is 11.3 Å². The Morgan fingerprint density at radius 3 is 3.05 bits per heavy atom. The summed E-state index contributed by atoms with van der Waals surface area (Å²) < 4.78 is 1.06. The minimum Gasteiger partial charge on any atom is -0.478 e. The average molecular weight is 291 g/mol. The van der Waals surface area contributed by atoms with Crippen molar-refractivity contribution in [3.63, 3.8) is 0 Å². The molecule has 2 rings (SSSR count). The number of carboxylic acids is 1. The Labute approximate surface area is 120 Å². The van der Waals surface area contributed by atoms with Crippen molar-refractivity contribution in [2.45, 2.75) is 17.0 Å². The van der Waals surface area contributed by atoms with E-state index >= 15 is 0 Å². The summed E-state index contributed by atoms with van der Waals surface area (Å²) in [5.74, 6) is -0.0973. The second kappa shape index (κ2) is 6.54. The van der Waals surface area contributed by atoms with Crippen molar-refractivity contribution in [2.24, 2.45) is 0 Å². The molecule has 2 aromatic rings. The SMILES string of the molecule is Cc1csc(SCc2cccc(/C=C/C(=O)O)c2)n1. The maximum Gasteiger partial charge on any atom is 0.328 e. The molecule has 1 heterocycles. The lowest BCUT2D eigenvalue weighted by molar-refractivity contribution is -0.131. The molecular weight excluding hydrogens is 278 g/mol. The van der Waals surface area contributed by atoms with Crippen LogP contribution in [0.1, 0.15) is 16.8 Å². The van der Waals surface area contributed by atoms with Crippen molar-refractivity contribution >= 4 is 35.1 Å². The molecule has 1 N–H and O–H groups in total. The summed E-state index contributed by atoms with van der Waals surface area (Å²) in [6, 6.07) is 7.85. The number of aryl methyl sites for hydroxylation is 1. The van der Waals surface area contributed by atoms with Crippen LogP contribution in [-0.4, -0.2) is 16.1 Å². The van der Waals surface area contributed by atoms with Gasteiger partial charge < -0.3 is 5.11 Å². The fourth-order valence-corrected chi connectivity index (χ4v) is 3.29. The lowest BCUT2D eigenvalue weighted by Gasteiger charge is -2.00. The largest absolute Gasteiger partial charge is 0.478 e. The molecule has 0 bridgehead atoms. The first kappa shape index (κ1) is 13.8. The number of hydrogen-bond donors (Lipinski definition) is 1. The molecule has 0 amide bonds. The van der Waals surface area contributed by atoms with Crippen molar-refractivity contribution in [3.05, 3.63) is 52.5 Å². The Bertz CT molecular complexity index is 605. The maximum absolute atomic E-state index is 10.5. The van der Waals surface area contributed by atoms with Gasteiger partial charge >= 0.3 is 5.97 Å². The molecule has 1 aromatic heterocycles. The first-order chi connectivity index (χ1) is 9.13. The fraction of sp³-hybridized carbons (Fsp3) is 0.143. The van der Waals surface area contributed by atoms with Gasteiger partial charge in [-0.3, -0.25) is 0 Å². The van der Waals surface area contributed by atoms with Gasteiger partial charge in [0.2, 0.25) is 0 Å². The first-order valence-electron chi connectivity index (χ1n) is 5.68. The number of aliphatic carboxylic acids is 1. The van der Waals surface area contributed by atoms with Crippen LogP contribution in [0.25, 0.3) is 6.08 Å². The fourth-order valence-electron chi connectivity index (χ4n) is 1.50. The number of hydrogen-bond acceptors (Lipinski definition) is 4. The summed E-state index contributed by atoms with van der Waals surface area (Å²) in [6.07, 6.45) is 2.75. The zero-order chi connectivity index (χ0) is 13.7. The molecule has 19 heavy (non-hydrogen) atoms. The molecule has 0 unspecified atom stereocenters. The van der Waals surface area contributed by atoms with Crippen LogP contribution in [0.2, 0.25) is 0 Å². The Kier molecular flexibility index (Phi) is 4.76. The number of thiazole rings is 1. The number of thioether (sulfide) groups is 1. The van der Waals surface area contributed by atoms with Crippen LogP contribution in [0.4, 0.5) is 0 Å². The molecule has 0 saturated carbocycles. The minimum absolute atomic E-state index is 0.835. The van der Waals surface area contributed by atoms with Crippen LogP contribution in [-0.2, 0) is 10.5 Å². The molecule has 0 aliphatic carbocycles. The van der Waals surface area contributed by atoms with E-state index in [0.717, 1.165) is 33.0 Å². The molecule has 5 heteroatoms. The van der Waals surface area contributed by atoms with Crippen molar-refractivity contribution in [2.75, 3.05) is 0 Å². The Balaban J connectivity index is 2.00. The normalized spacial score (nSPS) is 11.0. The monoisotopic (exact) mass is 291 g/mol. The molecule has 0 spiro atoms. The average Bonchev–Trinajstić information content (AvgIpc) is 2.80. The van der Waals surface area contributed by atoms with E-state index in [1.807, 2.05) is 36.6 Å². The summed E-state index contributed by atoms with van der Waals surface area (Å²) in [4.78, 5) is 14.9. The zero-order valence-corrected chi connectivity index (χ0v) is 12.0. The molecule has 0 radical (unpaired) electrons. The molecule has 0 saturated heterocycles. The third-order valence-corrected chi connectivity index (χ3v) is 4.54. The Hall–Kier alpha value is -1.59. The van der Waals surface area contributed by atoms with Gasteiger partial charge in [-0.2, -0.15) is 0 Å². The summed E-state index contributed by atoms with van der Waals surface area (Å²) >= 11 is 3.34. The van der Waals surface area contributed by atoms with Gasteiger partial charge in [0, 0.05) is 22.9 Å². The topological polar surface area (TPSA) is 50.2 Å². The molecule has 3 nitrogen and oxygen atoms in total. The molecule has 0 fully saturated rings. The van der Waals surface area contributed by atoms with Crippen LogP contribution in [0.15, 0.2) is 40.1 Å². The van der Waals surface area contributed by atoms with Gasteiger partial charge in [-0.05, 0) is 24.1 Å². The lowest BCUT2D eigenvalue weighted by atomic mass is 10.1. The molecule has 0 atom stereocenters. The molecule has 1 aromatic carbocycles. The predicted octanol–water partition coefficient (Wildman–Crippen LogP) is 3.84. The van der Waals surface area contributed by atoms with E-state index in [1.165, 1.54) is 0 Å². The molecular formula is C14H13NO2S2. The Morgan fingerprint density at radius 2 is 2.37 bits per heavy atom. The summed E-state index contributed by atoms with van der Waals surface area (Å²) in [5, 5.41) is 10.6. The number of aromatic nitrogens is 1. The van der Waals surface area contributed by atoms with Gasteiger partial charge in [-0.1, -0.05) is 36.0 Å². The highest BCUT2D eigenvalue weighted by atomic mass is 32.2. The van der Waals surface area contributed by atoms with Gasteiger partial charge in [0.15, 0.2) is 0 Å². The van der Waals surface area contributed by atoms with Crippen molar-refractivity contribution < 1.29 is 9.90 Å². The van der Waals surface area contributed by atoms with E-state index in [4.69, 9.17) is 5.11 Å². The zero-order valence-electron chi connectivity index (χ0n) is 10.4. The second-order valence-corrected chi connectivity index (χ2v) is 6.04. The van der Waals surface area contributed by atoms with E-state index in [-0.39, 0.29) is 0 Å². The van der Waals surface area contributed by atoms with Crippen molar-refractivity contribution in [1.82, 2.24) is 4.98 Å². The highest BCUT2D eigenvalue weighted by molar-refractivity contribution is 8.00. The van der Waals surface area contributed by atoms with Crippen LogP contribution < -0.4 is 0 Å². The number of rotatable bonds is 5. The number of nitrogens with zero attached hydrogens (tertiary/aromatic N) is 1. The quantitative estimate of drug-likeness (QED) is 0.671. The molecule has 0 aliphatic rings. The number of carboxylic acid groups (broad SMARTS) is 1. The van der Waals surface area contributed by atoms with E-state index in [2.05, 4.69) is 4.98 Å². The van der Waals surface area contributed by atoms with Crippen LogP contribution in [0.3, 0.4) is 0 Å². The first-order valence-corrected chi connectivity index (χ1v) is 7.55. The lowest BCUT2D eigenvalue weighted by Crippen LogP contribution is -1.86. The number of carbonyl (C=O) groups is 1. The van der Waals surface area contributed by atoms with Gasteiger partial charge in [-0.25, -0.2) is 9.78 Å². The van der Waals surface area contributed by atoms with E-state index < -0.39 is 5.97 Å². The maximum atomic E-state index is 10.5. The van der Waals surface area contributed by atoms with E-state index in [9.17, 15) is 4.79 Å². The standard InChI is InChI=1S/C14H13NO2S2/c1-10-8-18-14(15-10)19-9-12-4-2-3-11(7-12)5-6-13(16)17/h2-8H,9H2,1H3,(H,16,17)/b6-5+. The van der Waals surface area contributed by atoms with Gasteiger partial charge in [0.05, 0.1) is 0 Å². The number of benzene rings is 1. The third kappa shape index (κ3) is 4.54. The van der Waals surface area contributed by atoms with Crippen LogP contribution in [0, 0.1) is 6.92 Å². The van der Waals surface area contributed by atoms with E-state index in [0.29, 0.717) is 0 Å². The highest BCUT2D eigenvalue weighted by Crippen LogP contribution is 2.26. The summed E-state index contributed by atoms with van der Waals surface area (Å²) in [7, 11) is 0. The molecule has 98 valence electrons. The summed E-state index contributed by atoms with van der Waals surface area (Å²) in [6.45, 7) is 1.98. The second-order valence-electron chi connectivity index (χ2n) is 3.96. The van der Waals surface area contributed by atoms with Gasteiger partial charge in [0.1, 0.15) is 4.34 Å². The minimum atomic E-state index is -0.932. The third-order valence-electron chi connectivity index (χ3n) is 2.33. The predicted molar refractivity (Wildman–Crippen MR) is 79.5 cm³/mol. The van der Waals surface area contributed by atoms with E-state index in [1.54, 1.807) is 29.2 Å².